The third kappa shape index (κ3) is 7.08. The highest BCUT2D eigenvalue weighted by molar-refractivity contribution is 8.00. The SMILES string of the molecule is CC(C)Sc1ccccc1N(c1ccccc1)c1ccc2c3cc4c(cc3n3c5ccc(C(C)(C)C)cc5c1c23)c1ccc(N(c2ccccc2)c2ccccc2[Si](C)(C)C)c2c3cc(C(C)(C)C)ccc3n4c12. The van der Waals surface area contributed by atoms with Gasteiger partial charge in [-0.15, -0.1) is 11.8 Å². The number of hydrogen-bond donors (Lipinski definition) is 0. The number of rotatable bonds is 9. The van der Waals surface area contributed by atoms with Gasteiger partial charge < -0.3 is 18.6 Å². The second-order valence-corrected chi connectivity index (χ2v) is 30.6. The zero-order valence-electron chi connectivity index (χ0n) is 44.6. The lowest BCUT2D eigenvalue weighted by Gasteiger charge is -2.32. The molecule has 0 spiro atoms. The number of hydrogen-bond acceptors (Lipinski definition) is 3. The van der Waals surface area contributed by atoms with Gasteiger partial charge in [0, 0.05) is 70.3 Å². The zero-order chi connectivity index (χ0) is 51.2. The number of benzene rings is 9. The first-order valence-electron chi connectivity index (χ1n) is 26.5. The number of anilines is 6. The maximum Gasteiger partial charge on any atom is 0.0803 e. The summed E-state index contributed by atoms with van der Waals surface area (Å²) in [7, 11) is -1.80. The fraction of sp³-hybridized carbons (Fsp3) is 0.206. The molecule has 0 N–H and O–H groups in total. The van der Waals surface area contributed by atoms with E-state index in [1.54, 1.807) is 0 Å². The summed E-state index contributed by atoms with van der Waals surface area (Å²) >= 11 is 1.93. The van der Waals surface area contributed by atoms with Gasteiger partial charge >= 0.3 is 0 Å². The van der Waals surface area contributed by atoms with Crippen LogP contribution in [0.25, 0.3) is 76.2 Å². The van der Waals surface area contributed by atoms with E-state index in [1.165, 1.54) is 120 Å². The van der Waals surface area contributed by atoms with E-state index in [9.17, 15) is 0 Å². The van der Waals surface area contributed by atoms with Crippen LogP contribution < -0.4 is 15.0 Å². The zero-order valence-corrected chi connectivity index (χ0v) is 46.4. The molecule has 366 valence electrons. The van der Waals surface area contributed by atoms with E-state index in [-0.39, 0.29) is 10.8 Å². The van der Waals surface area contributed by atoms with E-state index in [0.29, 0.717) is 5.25 Å². The van der Waals surface area contributed by atoms with Crippen molar-refractivity contribution in [2.24, 2.45) is 0 Å². The average molecular weight is 997 g/mol. The van der Waals surface area contributed by atoms with Gasteiger partial charge in [0.05, 0.1) is 58.2 Å². The molecule has 4 aromatic heterocycles. The predicted octanol–water partition coefficient (Wildman–Crippen LogP) is 19.6. The summed E-state index contributed by atoms with van der Waals surface area (Å²) in [6.45, 7) is 26.0. The second kappa shape index (κ2) is 16.6. The first-order valence-corrected chi connectivity index (χ1v) is 30.8. The van der Waals surface area contributed by atoms with E-state index >= 15 is 0 Å². The molecule has 4 nitrogen and oxygen atoms in total. The van der Waals surface area contributed by atoms with Crippen LogP contribution in [0.4, 0.5) is 34.1 Å². The third-order valence-corrected chi connectivity index (χ3v) is 18.7. The van der Waals surface area contributed by atoms with Crippen LogP contribution in [-0.4, -0.2) is 22.1 Å². The van der Waals surface area contributed by atoms with Crippen molar-refractivity contribution in [3.63, 3.8) is 0 Å². The van der Waals surface area contributed by atoms with Crippen LogP contribution in [0.3, 0.4) is 0 Å². The summed E-state index contributed by atoms with van der Waals surface area (Å²) < 4.78 is 5.20. The molecule has 0 saturated heterocycles. The first kappa shape index (κ1) is 46.5. The lowest BCUT2D eigenvalue weighted by atomic mass is 9.86. The van der Waals surface area contributed by atoms with Gasteiger partial charge in [0.1, 0.15) is 0 Å². The molecular weight excluding hydrogens is 933 g/mol. The fourth-order valence-electron chi connectivity index (χ4n) is 12.1. The Morgan fingerprint density at radius 2 is 0.838 bits per heavy atom. The Morgan fingerprint density at radius 3 is 1.30 bits per heavy atom. The molecule has 13 rings (SSSR count). The summed E-state index contributed by atoms with van der Waals surface area (Å²) in [6.07, 6.45) is 0. The number of para-hydroxylation sites is 4. The highest BCUT2D eigenvalue weighted by Crippen LogP contribution is 2.53. The largest absolute Gasteiger partial charge is 0.310 e. The van der Waals surface area contributed by atoms with Gasteiger partial charge in [-0.3, -0.25) is 0 Å². The van der Waals surface area contributed by atoms with Crippen molar-refractivity contribution in [2.45, 2.75) is 96.0 Å². The minimum Gasteiger partial charge on any atom is -0.310 e. The summed E-state index contributed by atoms with van der Waals surface area (Å²) in [5, 5.41) is 12.1. The van der Waals surface area contributed by atoms with Gasteiger partial charge in [-0.25, -0.2) is 0 Å². The van der Waals surface area contributed by atoms with Crippen molar-refractivity contribution in [1.82, 2.24) is 8.80 Å². The van der Waals surface area contributed by atoms with E-state index in [0.717, 1.165) is 11.4 Å². The quantitative estimate of drug-likeness (QED) is 0.106. The van der Waals surface area contributed by atoms with E-state index in [2.05, 4.69) is 276 Å². The molecule has 0 aliphatic heterocycles. The van der Waals surface area contributed by atoms with Crippen LogP contribution in [0, 0.1) is 0 Å². The third-order valence-electron chi connectivity index (χ3n) is 15.6. The van der Waals surface area contributed by atoms with Gasteiger partial charge in [0.15, 0.2) is 0 Å². The van der Waals surface area contributed by atoms with Gasteiger partial charge in [-0.2, -0.15) is 0 Å². The predicted molar refractivity (Wildman–Crippen MR) is 326 cm³/mol. The molecule has 74 heavy (non-hydrogen) atoms. The molecular formula is C68H64N4SSi. The molecule has 4 heterocycles. The maximum atomic E-state index is 2.60. The van der Waals surface area contributed by atoms with Crippen molar-refractivity contribution in [3.8, 4) is 0 Å². The molecule has 0 bridgehead atoms. The smallest absolute Gasteiger partial charge is 0.0803 e. The standard InChI is InChI=1S/C68H64N4SSi/c1-42(2)73-61-28-20-18-26-55(61)69(45-22-14-12-15-23-45)57-36-32-47-49-40-60-50(41-59(49)71-53-34-30-43(67(3,4)5)38-51(53)63(57)65(47)71)48-33-37-58(64-52-39-44(68(6,7)8)31-35-54(52)72(60)66(48)64)70(46-24-16-13-17-25-46)56-27-19-21-29-62(56)74(9,10)11/h12-42H,1-11H3. The first-order chi connectivity index (χ1) is 35.5. The van der Waals surface area contributed by atoms with Crippen molar-refractivity contribution in [2.75, 3.05) is 9.80 Å². The molecule has 13 aromatic rings. The van der Waals surface area contributed by atoms with Crippen LogP contribution in [0.15, 0.2) is 187 Å². The molecule has 0 amide bonds. The van der Waals surface area contributed by atoms with Crippen LogP contribution in [0.1, 0.15) is 66.5 Å². The van der Waals surface area contributed by atoms with E-state index in [4.69, 9.17) is 0 Å². The summed E-state index contributed by atoms with van der Waals surface area (Å²) in [4.78, 5) is 6.35. The van der Waals surface area contributed by atoms with Crippen LogP contribution in [-0.2, 0) is 10.8 Å². The Labute approximate surface area is 440 Å². The second-order valence-electron chi connectivity index (χ2n) is 24.0. The topological polar surface area (TPSA) is 15.3 Å². The Morgan fingerprint density at radius 1 is 0.405 bits per heavy atom. The van der Waals surface area contributed by atoms with Crippen LogP contribution >= 0.6 is 11.8 Å². The van der Waals surface area contributed by atoms with Crippen molar-refractivity contribution >= 4 is 135 Å². The van der Waals surface area contributed by atoms with Gasteiger partial charge in [0.25, 0.3) is 0 Å². The number of nitrogens with zero attached hydrogens (tertiary/aromatic N) is 4. The Balaban J connectivity index is 1.15. The average Bonchev–Trinajstić information content (AvgIpc) is 4.11. The van der Waals surface area contributed by atoms with Gasteiger partial charge in [0.2, 0.25) is 0 Å². The van der Waals surface area contributed by atoms with E-state index < -0.39 is 8.07 Å². The highest BCUT2D eigenvalue weighted by Gasteiger charge is 2.31. The highest BCUT2D eigenvalue weighted by atomic mass is 32.2. The molecule has 0 unspecified atom stereocenters. The van der Waals surface area contributed by atoms with Crippen LogP contribution in [0.5, 0.6) is 0 Å². The van der Waals surface area contributed by atoms with E-state index in [1.807, 2.05) is 11.8 Å². The lowest BCUT2D eigenvalue weighted by Crippen LogP contribution is -2.40. The molecule has 0 radical (unpaired) electrons. The minimum absolute atomic E-state index is 0.0281. The molecule has 9 aromatic carbocycles. The number of aromatic nitrogens is 2. The maximum absolute atomic E-state index is 2.60. The molecule has 0 aliphatic carbocycles. The Kier molecular flexibility index (Phi) is 10.5. The summed E-state index contributed by atoms with van der Waals surface area (Å²) in [5.41, 5.74) is 17.3. The van der Waals surface area contributed by atoms with Crippen molar-refractivity contribution in [3.05, 3.63) is 193 Å². The Hall–Kier alpha value is -7.25. The monoisotopic (exact) mass is 996 g/mol. The molecule has 0 atom stereocenters. The van der Waals surface area contributed by atoms with Crippen molar-refractivity contribution < 1.29 is 0 Å². The van der Waals surface area contributed by atoms with Crippen molar-refractivity contribution in [1.29, 1.82) is 0 Å². The summed E-state index contributed by atoms with van der Waals surface area (Å²) in [6, 6.07) is 69.4. The number of fused-ring (bicyclic) bond motifs is 12. The van der Waals surface area contributed by atoms with Crippen LogP contribution in [0.2, 0.25) is 19.6 Å². The molecule has 6 heteroatoms. The fourth-order valence-corrected chi connectivity index (χ4v) is 14.7. The van der Waals surface area contributed by atoms with Gasteiger partial charge in [-0.05, 0) is 118 Å². The van der Waals surface area contributed by atoms with Gasteiger partial charge in [-0.1, -0.05) is 166 Å². The normalized spacial score (nSPS) is 13.0. The summed E-state index contributed by atoms with van der Waals surface area (Å²) in [5.74, 6) is 0. The lowest BCUT2D eigenvalue weighted by molar-refractivity contribution is 0.591. The Bertz CT molecular complexity index is 4320. The number of thioether (sulfide) groups is 1. The minimum atomic E-state index is -1.80. The molecule has 0 aliphatic rings. The molecule has 0 saturated carbocycles. The molecule has 0 fully saturated rings.